The molecule has 0 radical (unpaired) electrons. The molecule has 2 rings (SSSR count). The van der Waals surface area contributed by atoms with E-state index in [4.69, 9.17) is 4.74 Å². The van der Waals surface area contributed by atoms with Crippen molar-refractivity contribution in [1.82, 2.24) is 0 Å². The Labute approximate surface area is 122 Å². The molecule has 2 unspecified atom stereocenters. The molecule has 1 saturated carbocycles. The fraction of sp³-hybridized carbons (Fsp3) is 0.533. The van der Waals surface area contributed by atoms with Gasteiger partial charge in [0.25, 0.3) is 0 Å². The average Bonchev–Trinajstić information content (AvgIpc) is 2.26. The molecule has 1 N–H and O–H groups in total. The Morgan fingerprint density at radius 3 is 2.47 bits per heavy atom. The van der Waals surface area contributed by atoms with Gasteiger partial charge in [-0.25, -0.2) is 4.79 Å². The molecule has 1 aliphatic rings. The summed E-state index contributed by atoms with van der Waals surface area (Å²) in [5, 5.41) is 9.19. The van der Waals surface area contributed by atoms with Gasteiger partial charge in [-0.1, -0.05) is 29.8 Å². The predicted octanol–water partition coefficient (Wildman–Crippen LogP) is 4.35. The van der Waals surface area contributed by atoms with E-state index in [1.807, 2.05) is 0 Å². The zero-order chi connectivity index (χ0) is 14.0. The molecule has 0 aliphatic heterocycles. The maximum Gasteiger partial charge on any atom is 0.339 e. The van der Waals surface area contributed by atoms with Gasteiger partial charge in [-0.2, -0.15) is 0 Å². The molecule has 4 heteroatoms. The van der Waals surface area contributed by atoms with Crippen LogP contribution in [0.1, 0.15) is 43.5 Å². The minimum Gasteiger partial charge on any atom is -0.489 e. The topological polar surface area (TPSA) is 46.5 Å². The molecule has 1 aromatic rings. The van der Waals surface area contributed by atoms with E-state index in [2.05, 4.69) is 29.8 Å². The van der Waals surface area contributed by atoms with E-state index in [1.165, 1.54) is 6.42 Å². The van der Waals surface area contributed by atoms with Crippen LogP contribution in [0.4, 0.5) is 0 Å². The summed E-state index contributed by atoms with van der Waals surface area (Å²) < 4.78 is 6.80. The summed E-state index contributed by atoms with van der Waals surface area (Å²) >= 11 is 3.36. The Morgan fingerprint density at radius 2 is 1.89 bits per heavy atom. The van der Waals surface area contributed by atoms with Crippen LogP contribution in [0.5, 0.6) is 5.75 Å². The number of rotatable bonds is 3. The quantitative estimate of drug-likeness (QED) is 0.898. The first-order valence-electron chi connectivity index (χ1n) is 6.65. The largest absolute Gasteiger partial charge is 0.489 e. The second-order valence-electron chi connectivity index (χ2n) is 5.60. The number of hydrogen-bond donors (Lipinski definition) is 1. The fourth-order valence-electron chi connectivity index (χ4n) is 2.92. The van der Waals surface area contributed by atoms with Crippen molar-refractivity contribution in [3.8, 4) is 5.75 Å². The monoisotopic (exact) mass is 326 g/mol. The van der Waals surface area contributed by atoms with Crippen LogP contribution in [0.25, 0.3) is 0 Å². The van der Waals surface area contributed by atoms with Gasteiger partial charge < -0.3 is 9.84 Å². The van der Waals surface area contributed by atoms with Crippen molar-refractivity contribution >= 4 is 21.9 Å². The number of hydrogen-bond acceptors (Lipinski definition) is 2. The van der Waals surface area contributed by atoms with Gasteiger partial charge >= 0.3 is 5.97 Å². The summed E-state index contributed by atoms with van der Waals surface area (Å²) in [6.07, 6.45) is 3.34. The van der Waals surface area contributed by atoms with Crippen LogP contribution in [-0.4, -0.2) is 17.2 Å². The van der Waals surface area contributed by atoms with Gasteiger partial charge in [0.1, 0.15) is 11.3 Å². The van der Waals surface area contributed by atoms with Crippen LogP contribution >= 0.6 is 15.9 Å². The Hall–Kier alpha value is -1.03. The Morgan fingerprint density at radius 1 is 1.26 bits per heavy atom. The molecule has 3 nitrogen and oxygen atoms in total. The molecule has 1 fully saturated rings. The van der Waals surface area contributed by atoms with Crippen LogP contribution in [0.2, 0.25) is 0 Å². The predicted molar refractivity (Wildman–Crippen MR) is 77.7 cm³/mol. The summed E-state index contributed by atoms with van der Waals surface area (Å²) in [7, 11) is 0. The molecule has 0 amide bonds. The lowest BCUT2D eigenvalue weighted by Gasteiger charge is -2.32. The Bertz CT molecular complexity index is 462. The summed E-state index contributed by atoms with van der Waals surface area (Å²) in [6, 6.07) is 5.05. The standard InChI is InChI=1S/C15H19BrO3/c1-9-5-10(2)7-12(6-9)19-14-8-11(16)3-4-13(14)15(17)18/h3-4,8-10,12H,5-7H2,1-2H3,(H,17,18). The third-order valence-corrected chi connectivity index (χ3v) is 4.10. The Kier molecular flexibility index (Phi) is 4.50. The maximum atomic E-state index is 11.2. The number of carboxylic acids is 1. The minimum absolute atomic E-state index is 0.117. The first-order chi connectivity index (χ1) is 8.95. The lowest BCUT2D eigenvalue weighted by Crippen LogP contribution is -2.29. The first kappa shape index (κ1) is 14.4. The van der Waals surface area contributed by atoms with Crippen LogP contribution in [0.3, 0.4) is 0 Å². The molecule has 19 heavy (non-hydrogen) atoms. The van der Waals surface area contributed by atoms with Gasteiger partial charge in [-0.05, 0) is 49.3 Å². The number of carbonyl (C=O) groups is 1. The lowest BCUT2D eigenvalue weighted by atomic mass is 9.82. The van der Waals surface area contributed by atoms with Crippen molar-refractivity contribution < 1.29 is 14.6 Å². The number of carboxylic acid groups (broad SMARTS) is 1. The van der Waals surface area contributed by atoms with Gasteiger partial charge in [-0.3, -0.25) is 0 Å². The van der Waals surface area contributed by atoms with E-state index >= 15 is 0 Å². The van der Waals surface area contributed by atoms with Crippen LogP contribution in [-0.2, 0) is 0 Å². The summed E-state index contributed by atoms with van der Waals surface area (Å²) in [5.41, 5.74) is 0.231. The SMILES string of the molecule is CC1CC(C)CC(Oc2cc(Br)ccc2C(=O)O)C1. The average molecular weight is 327 g/mol. The molecule has 1 aliphatic carbocycles. The van der Waals surface area contributed by atoms with Crippen LogP contribution in [0.15, 0.2) is 22.7 Å². The van der Waals surface area contributed by atoms with Gasteiger partial charge in [0.2, 0.25) is 0 Å². The maximum absolute atomic E-state index is 11.2. The van der Waals surface area contributed by atoms with Gasteiger partial charge in [-0.15, -0.1) is 0 Å². The van der Waals surface area contributed by atoms with E-state index in [-0.39, 0.29) is 11.7 Å². The third kappa shape index (κ3) is 3.72. The zero-order valence-electron chi connectivity index (χ0n) is 11.2. The molecule has 104 valence electrons. The highest BCUT2D eigenvalue weighted by molar-refractivity contribution is 9.10. The summed E-state index contributed by atoms with van der Waals surface area (Å²) in [5.74, 6) is 0.788. The summed E-state index contributed by atoms with van der Waals surface area (Å²) in [4.78, 5) is 11.2. The molecule has 1 aromatic carbocycles. The van der Waals surface area contributed by atoms with Crippen LogP contribution < -0.4 is 4.74 Å². The lowest BCUT2D eigenvalue weighted by molar-refractivity contribution is 0.0676. The van der Waals surface area contributed by atoms with E-state index in [9.17, 15) is 9.90 Å². The number of ether oxygens (including phenoxy) is 1. The van der Waals surface area contributed by atoms with Crippen molar-refractivity contribution in [3.05, 3.63) is 28.2 Å². The van der Waals surface area contributed by atoms with Crippen molar-refractivity contribution in [3.63, 3.8) is 0 Å². The molecular formula is C15H19BrO3. The van der Waals surface area contributed by atoms with E-state index in [0.717, 1.165) is 17.3 Å². The summed E-state index contributed by atoms with van der Waals surface area (Å²) in [6.45, 7) is 4.45. The Balaban J connectivity index is 2.18. The van der Waals surface area contributed by atoms with E-state index in [0.29, 0.717) is 17.6 Å². The smallest absolute Gasteiger partial charge is 0.339 e. The highest BCUT2D eigenvalue weighted by atomic mass is 79.9. The highest BCUT2D eigenvalue weighted by Crippen LogP contribution is 2.33. The minimum atomic E-state index is -0.945. The van der Waals surface area contributed by atoms with Crippen molar-refractivity contribution in [2.24, 2.45) is 11.8 Å². The second kappa shape index (κ2) is 5.95. The third-order valence-electron chi connectivity index (χ3n) is 3.60. The normalized spacial score (nSPS) is 27.0. The second-order valence-corrected chi connectivity index (χ2v) is 6.52. The number of halogens is 1. The molecular weight excluding hydrogens is 308 g/mol. The first-order valence-corrected chi connectivity index (χ1v) is 7.44. The van der Waals surface area contributed by atoms with Crippen molar-refractivity contribution in [2.75, 3.05) is 0 Å². The highest BCUT2D eigenvalue weighted by Gasteiger charge is 2.26. The van der Waals surface area contributed by atoms with Crippen molar-refractivity contribution in [1.29, 1.82) is 0 Å². The number of benzene rings is 1. The molecule has 0 aromatic heterocycles. The van der Waals surface area contributed by atoms with Crippen LogP contribution in [0, 0.1) is 11.8 Å². The zero-order valence-corrected chi connectivity index (χ0v) is 12.8. The molecule has 0 bridgehead atoms. The fourth-order valence-corrected chi connectivity index (χ4v) is 3.26. The molecule has 0 saturated heterocycles. The number of aromatic carboxylic acids is 1. The molecule has 0 spiro atoms. The van der Waals surface area contributed by atoms with Gasteiger partial charge in [0.15, 0.2) is 0 Å². The van der Waals surface area contributed by atoms with Gasteiger partial charge in [0, 0.05) is 4.47 Å². The molecule has 0 heterocycles. The van der Waals surface area contributed by atoms with E-state index < -0.39 is 5.97 Å². The molecule has 2 atom stereocenters. The van der Waals surface area contributed by atoms with Gasteiger partial charge in [0.05, 0.1) is 6.10 Å². The van der Waals surface area contributed by atoms with Crippen molar-refractivity contribution in [2.45, 2.75) is 39.2 Å². The van der Waals surface area contributed by atoms with E-state index in [1.54, 1.807) is 18.2 Å².